The van der Waals surface area contributed by atoms with Crippen LogP contribution in [0.3, 0.4) is 0 Å². The molecule has 0 saturated carbocycles. The van der Waals surface area contributed by atoms with Crippen LogP contribution < -0.4 is 0 Å². The van der Waals surface area contributed by atoms with E-state index in [0.717, 1.165) is 4.47 Å². The molecule has 0 fully saturated rings. The molecule has 0 N–H and O–H groups in total. The van der Waals surface area contributed by atoms with Gasteiger partial charge in [-0.15, -0.1) is 0 Å². The van der Waals surface area contributed by atoms with Crippen molar-refractivity contribution in [3.63, 3.8) is 0 Å². The van der Waals surface area contributed by atoms with Gasteiger partial charge in [-0.3, -0.25) is 9.59 Å². The predicted molar refractivity (Wildman–Crippen MR) is 60.4 cm³/mol. The van der Waals surface area contributed by atoms with E-state index in [4.69, 9.17) is 9.47 Å². The number of ether oxygens (including phenoxy) is 2. The number of hydrogen-bond acceptors (Lipinski definition) is 4. The van der Waals surface area contributed by atoms with Gasteiger partial charge in [-0.05, 0) is 12.1 Å². The van der Waals surface area contributed by atoms with Crippen molar-refractivity contribution in [3.8, 4) is 0 Å². The van der Waals surface area contributed by atoms with Gasteiger partial charge in [-0.25, -0.2) is 0 Å². The van der Waals surface area contributed by atoms with Crippen LogP contribution >= 0.6 is 15.9 Å². The lowest BCUT2D eigenvalue weighted by atomic mass is 10.2. The molecule has 0 atom stereocenters. The molecule has 86 valence electrons. The van der Waals surface area contributed by atoms with Gasteiger partial charge in [0.1, 0.15) is 0 Å². The van der Waals surface area contributed by atoms with Crippen LogP contribution in [0.5, 0.6) is 0 Å². The second-order valence-electron chi connectivity index (χ2n) is 3.10. The van der Waals surface area contributed by atoms with Gasteiger partial charge in [0.15, 0.2) is 0 Å². The number of halogens is 1. The monoisotopic (exact) mass is 286 g/mol. The summed E-state index contributed by atoms with van der Waals surface area (Å²) in [6.45, 7) is 2.52. The fourth-order valence-corrected chi connectivity index (χ4v) is 1.35. The summed E-state index contributed by atoms with van der Waals surface area (Å²) in [7, 11) is 0. The molecule has 0 saturated heterocycles. The highest BCUT2D eigenvalue weighted by Crippen LogP contribution is 2.21. The zero-order valence-electron chi connectivity index (χ0n) is 8.90. The third-order valence-corrected chi connectivity index (χ3v) is 2.22. The molecule has 0 aliphatic carbocycles. The van der Waals surface area contributed by atoms with E-state index in [-0.39, 0.29) is 0 Å². The highest BCUT2D eigenvalue weighted by atomic mass is 79.9. The van der Waals surface area contributed by atoms with Crippen molar-refractivity contribution in [3.05, 3.63) is 34.3 Å². The van der Waals surface area contributed by atoms with E-state index in [0.29, 0.717) is 5.56 Å². The lowest BCUT2D eigenvalue weighted by Crippen LogP contribution is -2.14. The van der Waals surface area contributed by atoms with Crippen LogP contribution in [0.2, 0.25) is 0 Å². The molecule has 0 radical (unpaired) electrons. The molecule has 0 aromatic heterocycles. The largest absolute Gasteiger partial charge is 0.421 e. The second kappa shape index (κ2) is 5.65. The zero-order chi connectivity index (χ0) is 12.1. The zero-order valence-corrected chi connectivity index (χ0v) is 10.5. The van der Waals surface area contributed by atoms with Crippen LogP contribution in [0.15, 0.2) is 28.7 Å². The van der Waals surface area contributed by atoms with E-state index in [1.807, 2.05) is 0 Å². The number of esters is 2. The van der Waals surface area contributed by atoms with Gasteiger partial charge < -0.3 is 9.47 Å². The lowest BCUT2D eigenvalue weighted by Gasteiger charge is -2.16. The molecule has 0 spiro atoms. The van der Waals surface area contributed by atoms with Crippen LogP contribution in [0.1, 0.15) is 25.7 Å². The summed E-state index contributed by atoms with van der Waals surface area (Å²) in [6.07, 6.45) is -0.983. The van der Waals surface area contributed by atoms with Crippen molar-refractivity contribution < 1.29 is 19.1 Å². The first-order valence-corrected chi connectivity index (χ1v) is 5.38. The van der Waals surface area contributed by atoms with Crippen LogP contribution in [0.4, 0.5) is 0 Å². The third-order valence-electron chi connectivity index (χ3n) is 1.69. The molecule has 1 rings (SSSR count). The van der Waals surface area contributed by atoms with Gasteiger partial charge in [0.05, 0.1) is 0 Å². The van der Waals surface area contributed by atoms with E-state index in [2.05, 4.69) is 15.9 Å². The summed E-state index contributed by atoms with van der Waals surface area (Å²) in [6, 6.07) is 6.96. The smallest absolute Gasteiger partial charge is 0.305 e. The normalized spacial score (nSPS) is 10.0. The van der Waals surface area contributed by atoms with Crippen LogP contribution in [-0.4, -0.2) is 11.9 Å². The van der Waals surface area contributed by atoms with Crippen LogP contribution in [-0.2, 0) is 19.1 Å². The van der Waals surface area contributed by atoms with Crippen LogP contribution in [0, 0.1) is 0 Å². The number of rotatable bonds is 3. The number of hydrogen-bond donors (Lipinski definition) is 0. The highest BCUT2D eigenvalue weighted by molar-refractivity contribution is 9.10. The SMILES string of the molecule is CC(=O)OC(OC(C)=O)c1ccc(Br)cc1. The van der Waals surface area contributed by atoms with E-state index >= 15 is 0 Å². The number of carbonyl (C=O) groups is 2. The van der Waals surface area contributed by atoms with Crippen molar-refractivity contribution in [2.24, 2.45) is 0 Å². The first-order chi connectivity index (χ1) is 7.49. The van der Waals surface area contributed by atoms with Gasteiger partial charge in [0, 0.05) is 23.9 Å². The molecule has 0 bridgehead atoms. The maximum atomic E-state index is 10.9. The summed E-state index contributed by atoms with van der Waals surface area (Å²) in [5.41, 5.74) is 0.605. The Bertz CT molecular complexity index is 369. The van der Waals surface area contributed by atoms with Crippen molar-refractivity contribution in [2.75, 3.05) is 0 Å². The summed E-state index contributed by atoms with van der Waals surface area (Å²) >= 11 is 3.28. The van der Waals surface area contributed by atoms with Gasteiger partial charge in [0.2, 0.25) is 0 Å². The topological polar surface area (TPSA) is 52.6 Å². The van der Waals surface area contributed by atoms with Crippen LogP contribution in [0.25, 0.3) is 0 Å². The quantitative estimate of drug-likeness (QED) is 0.633. The molecular formula is C11H11BrO4. The second-order valence-corrected chi connectivity index (χ2v) is 4.02. The third kappa shape index (κ3) is 4.02. The summed E-state index contributed by atoms with van der Waals surface area (Å²) in [4.78, 5) is 21.7. The van der Waals surface area contributed by atoms with Crippen molar-refractivity contribution in [2.45, 2.75) is 20.1 Å². The fraction of sp³-hybridized carbons (Fsp3) is 0.273. The molecule has 0 aliphatic heterocycles. The average Bonchev–Trinajstić information content (AvgIpc) is 2.16. The molecule has 5 heteroatoms. The fourth-order valence-electron chi connectivity index (χ4n) is 1.08. The molecule has 16 heavy (non-hydrogen) atoms. The Labute approximate surface area is 102 Å². The summed E-state index contributed by atoms with van der Waals surface area (Å²) in [5, 5.41) is 0. The first kappa shape index (κ1) is 12.7. The van der Waals surface area contributed by atoms with E-state index in [1.165, 1.54) is 13.8 Å². The van der Waals surface area contributed by atoms with Crippen molar-refractivity contribution in [1.82, 2.24) is 0 Å². The summed E-state index contributed by atoms with van der Waals surface area (Å²) in [5.74, 6) is -1.01. The lowest BCUT2D eigenvalue weighted by molar-refractivity contribution is -0.186. The average molecular weight is 287 g/mol. The van der Waals surface area contributed by atoms with Crippen molar-refractivity contribution >= 4 is 27.9 Å². The highest BCUT2D eigenvalue weighted by Gasteiger charge is 2.17. The Kier molecular flexibility index (Phi) is 4.49. The Balaban J connectivity index is 2.86. The Hall–Kier alpha value is -1.36. The Morgan fingerprint density at radius 1 is 1.06 bits per heavy atom. The van der Waals surface area contributed by atoms with Gasteiger partial charge in [-0.2, -0.15) is 0 Å². The van der Waals surface area contributed by atoms with Gasteiger partial charge in [0.25, 0.3) is 6.29 Å². The minimum atomic E-state index is -0.983. The summed E-state index contributed by atoms with van der Waals surface area (Å²) < 4.78 is 10.7. The minimum Gasteiger partial charge on any atom is -0.421 e. The number of carbonyl (C=O) groups excluding carboxylic acids is 2. The predicted octanol–water partition coefficient (Wildman–Crippen LogP) is 2.57. The van der Waals surface area contributed by atoms with Gasteiger partial charge in [-0.1, -0.05) is 28.1 Å². The van der Waals surface area contributed by atoms with Gasteiger partial charge >= 0.3 is 11.9 Å². The maximum Gasteiger partial charge on any atom is 0.305 e. The van der Waals surface area contributed by atoms with E-state index in [1.54, 1.807) is 24.3 Å². The molecule has 0 aliphatic rings. The standard InChI is InChI=1S/C11H11BrO4/c1-7(13)15-11(16-8(2)14)9-3-5-10(12)6-4-9/h3-6,11H,1-2H3. The Morgan fingerprint density at radius 2 is 1.50 bits per heavy atom. The molecule has 0 unspecified atom stereocenters. The molecule has 4 nitrogen and oxygen atoms in total. The van der Waals surface area contributed by atoms with Crippen molar-refractivity contribution in [1.29, 1.82) is 0 Å². The first-order valence-electron chi connectivity index (χ1n) is 4.59. The van der Waals surface area contributed by atoms with E-state index in [9.17, 15) is 9.59 Å². The molecular weight excluding hydrogens is 276 g/mol. The Morgan fingerprint density at radius 3 is 1.88 bits per heavy atom. The van der Waals surface area contributed by atoms with E-state index < -0.39 is 18.2 Å². The minimum absolute atomic E-state index is 0.505. The molecule has 1 aromatic carbocycles. The number of benzene rings is 1. The molecule has 0 heterocycles. The maximum absolute atomic E-state index is 10.9. The molecule has 1 aromatic rings. The molecule has 0 amide bonds.